The van der Waals surface area contributed by atoms with Crippen molar-refractivity contribution in [3.63, 3.8) is 0 Å². The first kappa shape index (κ1) is 8.96. The molecule has 0 aromatic heterocycles. The second kappa shape index (κ2) is 4.80. The van der Waals surface area contributed by atoms with E-state index in [-0.39, 0.29) is 0 Å². The maximum atomic E-state index is 9.17. The van der Waals surface area contributed by atoms with Crippen LogP contribution in [-0.2, 0) is 0 Å². The zero-order chi connectivity index (χ0) is 7.28. The second-order valence-electron chi connectivity index (χ2n) is 2.53. The Hall–Kier alpha value is -0.0400. The fourth-order valence-electron chi connectivity index (χ4n) is 0.948. The lowest BCUT2D eigenvalue weighted by molar-refractivity contribution is 0.219. The molecule has 0 spiro atoms. The molecule has 1 atom stereocenters. The Labute approximate surface area is 58.1 Å². The third-order valence-electron chi connectivity index (χ3n) is 1.65. The van der Waals surface area contributed by atoms with E-state index in [1.165, 1.54) is 0 Å². The summed E-state index contributed by atoms with van der Waals surface area (Å²) in [4.78, 5) is 0. The van der Waals surface area contributed by atoms with E-state index in [9.17, 15) is 5.11 Å². The molecule has 0 bridgehead atoms. The highest BCUT2D eigenvalue weighted by atomic mass is 16.3. The van der Waals surface area contributed by atoms with Crippen LogP contribution in [-0.4, -0.2) is 5.11 Å². The van der Waals surface area contributed by atoms with Gasteiger partial charge in [-0.2, -0.15) is 0 Å². The van der Waals surface area contributed by atoms with Gasteiger partial charge in [-0.25, -0.2) is 0 Å². The summed E-state index contributed by atoms with van der Waals surface area (Å²) in [5.41, 5.74) is 0. The molecule has 0 aliphatic heterocycles. The minimum absolute atomic E-state index is 0.403. The summed E-state index contributed by atoms with van der Waals surface area (Å²) in [6.45, 7) is 6.20. The largest absolute Gasteiger partial charge is 0.387 e. The van der Waals surface area contributed by atoms with Crippen LogP contribution in [0.5, 0.6) is 0 Å². The average molecular weight is 129 g/mol. The molecule has 9 heavy (non-hydrogen) atoms. The van der Waals surface area contributed by atoms with E-state index in [1.54, 1.807) is 0 Å². The van der Waals surface area contributed by atoms with Crippen LogP contribution in [0.3, 0.4) is 0 Å². The van der Waals surface area contributed by atoms with Crippen molar-refractivity contribution in [2.75, 3.05) is 0 Å². The van der Waals surface area contributed by atoms with Crippen LogP contribution >= 0.6 is 0 Å². The predicted octanol–water partition coefficient (Wildman–Crippen LogP) is 2.74. The number of rotatable bonds is 4. The van der Waals surface area contributed by atoms with Gasteiger partial charge in [0.05, 0.1) is 6.10 Å². The zero-order valence-electron chi connectivity index (χ0n) is 6.65. The minimum Gasteiger partial charge on any atom is -0.387 e. The zero-order valence-corrected chi connectivity index (χ0v) is 6.65. The van der Waals surface area contributed by atoms with Gasteiger partial charge >= 0.3 is 0 Å². The van der Waals surface area contributed by atoms with Gasteiger partial charge < -0.3 is 5.11 Å². The third kappa shape index (κ3) is 3.52. The first-order valence-corrected chi connectivity index (χ1v) is 3.77. The SMILES string of the molecule is CCCC(C)[C](O)CC. The van der Waals surface area contributed by atoms with E-state index >= 15 is 0 Å². The molecule has 0 aliphatic rings. The van der Waals surface area contributed by atoms with Crippen molar-refractivity contribution < 1.29 is 5.11 Å². The maximum Gasteiger partial charge on any atom is 0.0958 e. The Morgan fingerprint density at radius 2 is 2.00 bits per heavy atom. The van der Waals surface area contributed by atoms with E-state index in [4.69, 9.17) is 0 Å². The van der Waals surface area contributed by atoms with Crippen LogP contribution in [0.1, 0.15) is 40.0 Å². The molecule has 0 aliphatic carbocycles. The topological polar surface area (TPSA) is 20.2 Å². The van der Waals surface area contributed by atoms with Crippen molar-refractivity contribution in [2.24, 2.45) is 5.92 Å². The van der Waals surface area contributed by atoms with E-state index in [0.29, 0.717) is 12.0 Å². The smallest absolute Gasteiger partial charge is 0.0958 e. The van der Waals surface area contributed by atoms with Gasteiger partial charge in [-0.1, -0.05) is 27.2 Å². The maximum absolute atomic E-state index is 9.17. The van der Waals surface area contributed by atoms with Crippen molar-refractivity contribution in [3.8, 4) is 0 Å². The molecule has 0 saturated carbocycles. The molecule has 0 saturated heterocycles. The summed E-state index contributed by atoms with van der Waals surface area (Å²) in [6.07, 6.45) is 3.73. The molecule has 0 aromatic rings. The normalized spacial score (nSPS) is 14.3. The van der Waals surface area contributed by atoms with E-state index in [2.05, 4.69) is 13.8 Å². The Morgan fingerprint density at radius 1 is 1.44 bits per heavy atom. The Kier molecular flexibility index (Phi) is 4.78. The monoisotopic (exact) mass is 129 g/mol. The van der Waals surface area contributed by atoms with E-state index < -0.39 is 0 Å². The lowest BCUT2D eigenvalue weighted by atomic mass is 9.98. The fourth-order valence-corrected chi connectivity index (χ4v) is 0.948. The van der Waals surface area contributed by atoms with Crippen molar-refractivity contribution in [3.05, 3.63) is 6.10 Å². The summed E-state index contributed by atoms with van der Waals surface area (Å²) < 4.78 is 0. The van der Waals surface area contributed by atoms with Crippen LogP contribution in [0.15, 0.2) is 0 Å². The summed E-state index contributed by atoms with van der Waals surface area (Å²) in [5.74, 6) is 0.403. The molecule has 55 valence electrons. The minimum atomic E-state index is 0.403. The molecule has 0 fully saturated rings. The first-order valence-electron chi connectivity index (χ1n) is 3.77. The van der Waals surface area contributed by atoms with Gasteiger partial charge in [0, 0.05) is 0 Å². The molecule has 1 radical (unpaired) electrons. The molecule has 1 nitrogen and oxygen atoms in total. The number of hydrogen-bond donors (Lipinski definition) is 1. The van der Waals surface area contributed by atoms with Crippen molar-refractivity contribution >= 4 is 0 Å². The Balaban J connectivity index is 3.32. The van der Waals surface area contributed by atoms with Gasteiger partial charge in [0.15, 0.2) is 0 Å². The highest BCUT2D eigenvalue weighted by molar-refractivity contribution is 4.79. The second-order valence-corrected chi connectivity index (χ2v) is 2.53. The summed E-state index contributed by atoms with van der Waals surface area (Å²) in [6, 6.07) is 0. The van der Waals surface area contributed by atoms with E-state index in [0.717, 1.165) is 19.3 Å². The highest BCUT2D eigenvalue weighted by Crippen LogP contribution is 2.18. The summed E-state index contributed by atoms with van der Waals surface area (Å²) >= 11 is 0. The average Bonchev–Trinajstić information content (AvgIpc) is 1.87. The highest BCUT2D eigenvalue weighted by Gasteiger charge is 2.10. The van der Waals surface area contributed by atoms with Gasteiger partial charge in [0.25, 0.3) is 0 Å². The van der Waals surface area contributed by atoms with Crippen LogP contribution in [0, 0.1) is 12.0 Å². The standard InChI is InChI=1S/C8H17O/c1-4-6-7(3)8(9)5-2/h7,9H,4-6H2,1-3H3. The lowest BCUT2D eigenvalue weighted by Gasteiger charge is -2.13. The summed E-state index contributed by atoms with van der Waals surface area (Å²) in [5, 5.41) is 9.17. The van der Waals surface area contributed by atoms with Crippen LogP contribution in [0.25, 0.3) is 0 Å². The van der Waals surface area contributed by atoms with Gasteiger partial charge in [-0.15, -0.1) is 0 Å². The molecule has 0 heterocycles. The molecule has 0 rings (SSSR count). The van der Waals surface area contributed by atoms with Gasteiger partial charge in [0.2, 0.25) is 0 Å². The van der Waals surface area contributed by atoms with Gasteiger partial charge in [-0.3, -0.25) is 0 Å². The molecular formula is C8H17O. The van der Waals surface area contributed by atoms with Crippen molar-refractivity contribution in [2.45, 2.75) is 40.0 Å². The first-order chi connectivity index (χ1) is 4.22. The summed E-state index contributed by atoms with van der Waals surface area (Å²) in [7, 11) is 0. The molecular weight excluding hydrogens is 112 g/mol. The van der Waals surface area contributed by atoms with Crippen molar-refractivity contribution in [1.82, 2.24) is 0 Å². The predicted molar refractivity (Wildman–Crippen MR) is 39.5 cm³/mol. The Bertz CT molecular complexity index is 61.6. The number of aliphatic hydroxyl groups is 1. The lowest BCUT2D eigenvalue weighted by Crippen LogP contribution is -2.06. The number of aliphatic hydroxyl groups excluding tert-OH is 1. The third-order valence-corrected chi connectivity index (χ3v) is 1.65. The van der Waals surface area contributed by atoms with Crippen molar-refractivity contribution in [1.29, 1.82) is 0 Å². The Morgan fingerprint density at radius 3 is 2.33 bits per heavy atom. The van der Waals surface area contributed by atoms with Gasteiger partial charge in [-0.05, 0) is 18.8 Å². The van der Waals surface area contributed by atoms with Crippen LogP contribution < -0.4 is 0 Å². The van der Waals surface area contributed by atoms with Gasteiger partial charge in [0.1, 0.15) is 0 Å². The van der Waals surface area contributed by atoms with Crippen LogP contribution in [0.2, 0.25) is 0 Å². The van der Waals surface area contributed by atoms with E-state index in [1.807, 2.05) is 6.92 Å². The molecule has 1 heteroatoms. The van der Waals surface area contributed by atoms with Crippen LogP contribution in [0.4, 0.5) is 0 Å². The molecule has 1 N–H and O–H groups in total. The molecule has 0 amide bonds. The quantitative estimate of drug-likeness (QED) is 0.618. The molecule has 1 unspecified atom stereocenters. The fraction of sp³-hybridized carbons (Fsp3) is 0.875. The number of hydrogen-bond acceptors (Lipinski definition) is 1. The molecule has 0 aromatic carbocycles.